The summed E-state index contributed by atoms with van der Waals surface area (Å²) in [7, 11) is 0. The number of benzene rings is 1. The highest BCUT2D eigenvalue weighted by Crippen LogP contribution is 2.22. The summed E-state index contributed by atoms with van der Waals surface area (Å²) in [5.41, 5.74) is -1.43. The summed E-state index contributed by atoms with van der Waals surface area (Å²) in [4.78, 5) is 32.2. The van der Waals surface area contributed by atoms with Crippen molar-refractivity contribution in [1.82, 2.24) is 14.8 Å². The van der Waals surface area contributed by atoms with E-state index in [4.69, 9.17) is 5.11 Å². The molecule has 1 heterocycles. The second kappa shape index (κ2) is 4.13. The predicted molar refractivity (Wildman–Crippen MR) is 57.8 cm³/mol. The number of carboxylic acids is 1. The molecule has 0 amide bonds. The molecule has 0 spiro atoms. The van der Waals surface area contributed by atoms with Crippen LogP contribution in [-0.2, 0) is 0 Å². The minimum atomic E-state index is -1.29. The van der Waals surface area contributed by atoms with Gasteiger partial charge in [-0.3, -0.25) is 10.1 Å². The van der Waals surface area contributed by atoms with Crippen LogP contribution in [0.4, 0.5) is 5.69 Å². The molecule has 0 fully saturated rings. The monoisotopic (exact) mass is 250 g/mol. The quantitative estimate of drug-likeness (QED) is 0.589. The van der Waals surface area contributed by atoms with Gasteiger partial charge in [0.05, 0.1) is 10.5 Å². The average molecular weight is 250 g/mol. The molecule has 0 aliphatic carbocycles. The normalized spacial score (nSPS) is 10.2. The number of hydrogen-bond donors (Lipinski definition) is 2. The molecule has 9 heteroatoms. The van der Waals surface area contributed by atoms with Crippen molar-refractivity contribution in [2.75, 3.05) is 0 Å². The van der Waals surface area contributed by atoms with E-state index >= 15 is 0 Å². The number of nitrogens with zero attached hydrogens (tertiary/aromatic N) is 3. The molecule has 2 aromatic rings. The Hall–Kier alpha value is -2.97. The van der Waals surface area contributed by atoms with Crippen LogP contribution in [0.1, 0.15) is 10.4 Å². The van der Waals surface area contributed by atoms with E-state index in [1.165, 1.54) is 12.1 Å². The summed E-state index contributed by atoms with van der Waals surface area (Å²) in [5, 5.41) is 25.2. The predicted octanol–water partition coefficient (Wildman–Crippen LogP) is 0.167. The summed E-state index contributed by atoms with van der Waals surface area (Å²) in [6.45, 7) is 0. The number of nitro groups is 1. The first-order valence-corrected chi connectivity index (χ1v) is 4.65. The average Bonchev–Trinajstić information content (AvgIpc) is 2.74. The van der Waals surface area contributed by atoms with Gasteiger partial charge < -0.3 is 5.11 Å². The second-order valence-electron chi connectivity index (χ2n) is 3.30. The maximum Gasteiger partial charge on any atom is 0.347 e. The fourth-order valence-electron chi connectivity index (χ4n) is 1.43. The number of aromatic carboxylic acids is 1. The Morgan fingerprint density at radius 3 is 2.72 bits per heavy atom. The molecule has 0 aliphatic heterocycles. The molecule has 0 bridgehead atoms. The third-order valence-electron chi connectivity index (χ3n) is 2.23. The minimum absolute atomic E-state index is 0.0521. The molecule has 18 heavy (non-hydrogen) atoms. The van der Waals surface area contributed by atoms with Gasteiger partial charge >= 0.3 is 11.7 Å². The lowest BCUT2D eigenvalue weighted by Gasteiger charge is -2.02. The standard InChI is InChI=1S/C9H6N4O5/c14-8(15)5-1-2-6(7(3-5)13(17)18)12-4-10-11-9(12)16/h1-4H,(H,11,16)(H,14,15). The maximum absolute atomic E-state index is 11.3. The fraction of sp³-hybridized carbons (Fsp3) is 0. The summed E-state index contributed by atoms with van der Waals surface area (Å²) in [6.07, 6.45) is 1.07. The Balaban J connectivity index is 2.69. The van der Waals surface area contributed by atoms with Gasteiger partial charge in [0.2, 0.25) is 0 Å². The summed E-state index contributed by atoms with van der Waals surface area (Å²) < 4.78 is 0.920. The molecule has 0 saturated carbocycles. The molecule has 0 aliphatic rings. The molecular formula is C9H6N4O5. The van der Waals surface area contributed by atoms with E-state index < -0.39 is 22.3 Å². The number of aromatic nitrogens is 3. The number of carboxylic acid groups (broad SMARTS) is 1. The molecule has 92 valence electrons. The molecule has 0 saturated heterocycles. The van der Waals surface area contributed by atoms with Crippen molar-refractivity contribution >= 4 is 11.7 Å². The second-order valence-corrected chi connectivity index (χ2v) is 3.30. The highest BCUT2D eigenvalue weighted by molar-refractivity contribution is 5.89. The molecule has 9 nitrogen and oxygen atoms in total. The zero-order valence-electron chi connectivity index (χ0n) is 8.73. The summed E-state index contributed by atoms with van der Waals surface area (Å²) in [6, 6.07) is 3.24. The van der Waals surface area contributed by atoms with E-state index in [0.29, 0.717) is 0 Å². The van der Waals surface area contributed by atoms with Crippen molar-refractivity contribution in [3.63, 3.8) is 0 Å². The van der Waals surface area contributed by atoms with Gasteiger partial charge in [-0.15, -0.1) is 0 Å². The summed E-state index contributed by atoms with van der Waals surface area (Å²) in [5.74, 6) is -1.29. The topological polar surface area (TPSA) is 131 Å². The van der Waals surface area contributed by atoms with Crippen molar-refractivity contribution in [2.45, 2.75) is 0 Å². The number of nitrogens with one attached hydrogen (secondary N) is 1. The van der Waals surface area contributed by atoms with Gasteiger partial charge in [0.25, 0.3) is 5.69 Å². The van der Waals surface area contributed by atoms with Crippen LogP contribution in [0, 0.1) is 10.1 Å². The molecule has 0 radical (unpaired) electrons. The van der Waals surface area contributed by atoms with Crippen LogP contribution in [0.15, 0.2) is 29.3 Å². The zero-order chi connectivity index (χ0) is 13.3. The van der Waals surface area contributed by atoms with Crippen LogP contribution in [0.25, 0.3) is 5.69 Å². The van der Waals surface area contributed by atoms with Gasteiger partial charge in [0.15, 0.2) is 0 Å². The first-order valence-electron chi connectivity index (χ1n) is 4.65. The van der Waals surface area contributed by atoms with Gasteiger partial charge in [-0.05, 0) is 12.1 Å². The molecule has 2 N–H and O–H groups in total. The van der Waals surface area contributed by atoms with Gasteiger partial charge in [-0.2, -0.15) is 5.10 Å². The molecule has 2 rings (SSSR count). The van der Waals surface area contributed by atoms with Gasteiger partial charge in [0, 0.05) is 6.07 Å². The van der Waals surface area contributed by atoms with E-state index in [1.54, 1.807) is 0 Å². The van der Waals surface area contributed by atoms with Crippen LogP contribution < -0.4 is 5.69 Å². The SMILES string of the molecule is O=C(O)c1ccc(-n2cn[nH]c2=O)c([N+](=O)[O-])c1. The Morgan fingerprint density at radius 1 is 1.50 bits per heavy atom. The Bertz CT molecular complexity index is 686. The van der Waals surface area contributed by atoms with Gasteiger partial charge in [0.1, 0.15) is 12.0 Å². The number of hydrogen-bond acceptors (Lipinski definition) is 5. The zero-order valence-corrected chi connectivity index (χ0v) is 8.73. The Kier molecular flexibility index (Phi) is 2.64. The van der Waals surface area contributed by atoms with E-state index in [2.05, 4.69) is 10.2 Å². The number of rotatable bonds is 3. The number of carbonyl (C=O) groups is 1. The van der Waals surface area contributed by atoms with Crippen LogP contribution in [0.5, 0.6) is 0 Å². The Morgan fingerprint density at radius 2 is 2.22 bits per heavy atom. The highest BCUT2D eigenvalue weighted by atomic mass is 16.6. The van der Waals surface area contributed by atoms with Gasteiger partial charge in [-0.25, -0.2) is 19.3 Å². The van der Waals surface area contributed by atoms with Crippen molar-refractivity contribution < 1.29 is 14.8 Å². The van der Waals surface area contributed by atoms with Crippen molar-refractivity contribution in [1.29, 1.82) is 0 Å². The highest BCUT2D eigenvalue weighted by Gasteiger charge is 2.19. The molecule has 1 aromatic heterocycles. The third kappa shape index (κ3) is 1.84. The first kappa shape index (κ1) is 11.5. The molecule has 1 aromatic carbocycles. The number of aromatic amines is 1. The number of nitro benzene ring substituents is 1. The third-order valence-corrected chi connectivity index (χ3v) is 2.23. The van der Waals surface area contributed by atoms with E-state index in [0.717, 1.165) is 17.0 Å². The van der Waals surface area contributed by atoms with Crippen LogP contribution >= 0.6 is 0 Å². The van der Waals surface area contributed by atoms with Crippen LogP contribution in [0.3, 0.4) is 0 Å². The van der Waals surface area contributed by atoms with E-state index in [9.17, 15) is 19.7 Å². The minimum Gasteiger partial charge on any atom is -0.478 e. The maximum atomic E-state index is 11.3. The van der Waals surface area contributed by atoms with E-state index in [-0.39, 0.29) is 11.3 Å². The van der Waals surface area contributed by atoms with Crippen LogP contribution in [0.2, 0.25) is 0 Å². The van der Waals surface area contributed by atoms with Crippen molar-refractivity contribution in [2.24, 2.45) is 0 Å². The smallest absolute Gasteiger partial charge is 0.347 e. The lowest BCUT2D eigenvalue weighted by atomic mass is 10.1. The van der Waals surface area contributed by atoms with Crippen molar-refractivity contribution in [3.8, 4) is 5.69 Å². The number of H-pyrrole nitrogens is 1. The fourth-order valence-corrected chi connectivity index (χ4v) is 1.43. The lowest BCUT2D eigenvalue weighted by Crippen LogP contribution is -2.15. The summed E-state index contributed by atoms with van der Waals surface area (Å²) >= 11 is 0. The molecule has 0 atom stereocenters. The van der Waals surface area contributed by atoms with Crippen molar-refractivity contribution in [3.05, 3.63) is 50.7 Å². The largest absolute Gasteiger partial charge is 0.478 e. The lowest BCUT2D eigenvalue weighted by molar-refractivity contribution is -0.384. The first-order chi connectivity index (χ1) is 8.50. The molecule has 0 unspecified atom stereocenters. The van der Waals surface area contributed by atoms with Gasteiger partial charge in [-0.1, -0.05) is 0 Å². The van der Waals surface area contributed by atoms with E-state index in [1.807, 2.05) is 0 Å². The molecular weight excluding hydrogens is 244 g/mol. The van der Waals surface area contributed by atoms with Crippen LogP contribution in [-0.4, -0.2) is 30.8 Å². The Labute approximate surface area is 98.5 Å².